The molecule has 15 heavy (non-hydrogen) atoms. The number of carbonyl (C=O) groups excluding carboxylic acids is 1. The first kappa shape index (κ1) is 9.97. The third kappa shape index (κ3) is 2.10. The average molecular weight is 209 g/mol. The average Bonchev–Trinajstić information content (AvgIpc) is 2.62. The van der Waals surface area contributed by atoms with Crippen LogP contribution in [0.25, 0.3) is 0 Å². The summed E-state index contributed by atoms with van der Waals surface area (Å²) in [5.74, 6) is 0.890. The molecule has 1 aromatic rings. The molecule has 1 aliphatic heterocycles. The summed E-state index contributed by atoms with van der Waals surface area (Å²) in [6.45, 7) is 4.38. The van der Waals surface area contributed by atoms with Crippen LogP contribution in [0.4, 0.5) is 5.82 Å². The van der Waals surface area contributed by atoms with Gasteiger partial charge in [-0.3, -0.25) is 10.1 Å². The van der Waals surface area contributed by atoms with Gasteiger partial charge in [-0.15, -0.1) is 0 Å². The van der Waals surface area contributed by atoms with Crippen molar-refractivity contribution < 1.29 is 4.79 Å². The number of imidazole rings is 1. The third-order valence-corrected chi connectivity index (χ3v) is 2.31. The maximum Gasteiger partial charge on any atom is 0.239 e. The minimum absolute atomic E-state index is 0.0169. The van der Waals surface area contributed by atoms with Gasteiger partial charge in [0.05, 0.1) is 18.7 Å². The van der Waals surface area contributed by atoms with Crippen LogP contribution in [0.15, 0.2) is 6.33 Å². The van der Waals surface area contributed by atoms with Crippen LogP contribution in [0.1, 0.15) is 12.6 Å². The molecule has 0 spiro atoms. The Labute approximate surface area is 88.1 Å². The molecule has 1 aliphatic rings. The van der Waals surface area contributed by atoms with Crippen molar-refractivity contribution >= 4 is 11.7 Å². The minimum atomic E-state index is 0.0169. The number of carbonyl (C=O) groups is 1. The van der Waals surface area contributed by atoms with E-state index in [-0.39, 0.29) is 5.91 Å². The molecular weight excluding hydrogens is 194 g/mol. The van der Waals surface area contributed by atoms with Gasteiger partial charge in [0.25, 0.3) is 0 Å². The number of hydrogen-bond donors (Lipinski definition) is 3. The highest BCUT2D eigenvalue weighted by atomic mass is 16.1. The van der Waals surface area contributed by atoms with Crippen LogP contribution in [0.5, 0.6) is 0 Å². The second-order valence-corrected chi connectivity index (χ2v) is 3.40. The van der Waals surface area contributed by atoms with Crippen molar-refractivity contribution in [2.24, 2.45) is 0 Å². The van der Waals surface area contributed by atoms with Crippen LogP contribution in [0, 0.1) is 0 Å². The number of hydrogen-bond acceptors (Lipinski definition) is 4. The topological polar surface area (TPSA) is 71.0 Å². The maximum absolute atomic E-state index is 11.4. The monoisotopic (exact) mass is 209 g/mol. The largest absolute Gasteiger partial charge is 0.356 e. The standard InChI is InChI=1S/C9H15N5O/c1-2-11-8(15)4-14-6-13-9-7(14)3-10-5-12-9/h6,10,12H,2-5H2,1H3,(H,11,15). The van der Waals surface area contributed by atoms with E-state index >= 15 is 0 Å². The molecule has 2 heterocycles. The maximum atomic E-state index is 11.4. The Balaban J connectivity index is 2.08. The minimum Gasteiger partial charge on any atom is -0.356 e. The SMILES string of the molecule is CCNC(=O)Cn1cnc2c1CNCN2. The van der Waals surface area contributed by atoms with E-state index in [1.54, 1.807) is 6.33 Å². The molecule has 0 saturated heterocycles. The van der Waals surface area contributed by atoms with Gasteiger partial charge in [-0.05, 0) is 6.92 Å². The predicted molar refractivity (Wildman–Crippen MR) is 56.2 cm³/mol. The Bertz CT molecular complexity index is 359. The van der Waals surface area contributed by atoms with Crippen molar-refractivity contribution in [3.05, 3.63) is 12.0 Å². The van der Waals surface area contributed by atoms with Gasteiger partial charge in [0, 0.05) is 13.1 Å². The highest BCUT2D eigenvalue weighted by Crippen LogP contribution is 2.15. The lowest BCUT2D eigenvalue weighted by Crippen LogP contribution is -2.31. The molecule has 0 fully saturated rings. The van der Waals surface area contributed by atoms with E-state index in [1.165, 1.54) is 0 Å². The van der Waals surface area contributed by atoms with Gasteiger partial charge in [-0.25, -0.2) is 4.98 Å². The molecule has 0 atom stereocenters. The number of nitrogens with zero attached hydrogens (tertiary/aromatic N) is 2. The van der Waals surface area contributed by atoms with Gasteiger partial charge >= 0.3 is 0 Å². The fraction of sp³-hybridized carbons (Fsp3) is 0.556. The van der Waals surface area contributed by atoms with Gasteiger partial charge < -0.3 is 15.2 Å². The van der Waals surface area contributed by atoms with Gasteiger partial charge in [0.2, 0.25) is 5.91 Å². The number of anilines is 1. The number of likely N-dealkylation sites (N-methyl/N-ethyl adjacent to an activating group) is 1. The van der Waals surface area contributed by atoms with E-state index in [4.69, 9.17) is 0 Å². The summed E-state index contributed by atoms with van der Waals surface area (Å²) in [5, 5.41) is 9.04. The van der Waals surface area contributed by atoms with Crippen LogP contribution in [-0.4, -0.2) is 28.7 Å². The summed E-state index contributed by atoms with van der Waals surface area (Å²) in [5.41, 5.74) is 1.03. The number of aromatic nitrogens is 2. The van der Waals surface area contributed by atoms with Gasteiger partial charge in [0.1, 0.15) is 12.4 Å². The second kappa shape index (κ2) is 4.31. The third-order valence-electron chi connectivity index (χ3n) is 2.31. The highest BCUT2D eigenvalue weighted by molar-refractivity contribution is 5.75. The molecule has 0 radical (unpaired) electrons. The van der Waals surface area contributed by atoms with Crippen molar-refractivity contribution in [1.82, 2.24) is 20.2 Å². The van der Waals surface area contributed by atoms with Crippen LogP contribution >= 0.6 is 0 Å². The molecule has 0 saturated carbocycles. The Morgan fingerprint density at radius 2 is 2.60 bits per heavy atom. The summed E-state index contributed by atoms with van der Waals surface area (Å²) in [6.07, 6.45) is 1.69. The fourth-order valence-electron chi connectivity index (χ4n) is 1.61. The van der Waals surface area contributed by atoms with Crippen molar-refractivity contribution in [3.63, 3.8) is 0 Å². The van der Waals surface area contributed by atoms with E-state index in [0.29, 0.717) is 13.1 Å². The zero-order valence-corrected chi connectivity index (χ0v) is 8.71. The molecule has 6 nitrogen and oxygen atoms in total. The van der Waals surface area contributed by atoms with E-state index in [9.17, 15) is 4.79 Å². The van der Waals surface area contributed by atoms with Crippen molar-refractivity contribution in [1.29, 1.82) is 0 Å². The van der Waals surface area contributed by atoms with Gasteiger partial charge in [0.15, 0.2) is 0 Å². The summed E-state index contributed by atoms with van der Waals surface area (Å²) in [6, 6.07) is 0. The number of fused-ring (bicyclic) bond motifs is 1. The first-order chi connectivity index (χ1) is 7.31. The van der Waals surface area contributed by atoms with Crippen molar-refractivity contribution in [2.45, 2.75) is 20.0 Å². The molecule has 3 N–H and O–H groups in total. The van der Waals surface area contributed by atoms with E-state index in [0.717, 1.165) is 24.7 Å². The molecular formula is C9H15N5O. The fourth-order valence-corrected chi connectivity index (χ4v) is 1.61. The van der Waals surface area contributed by atoms with Gasteiger partial charge in [-0.1, -0.05) is 0 Å². The zero-order chi connectivity index (χ0) is 10.7. The first-order valence-corrected chi connectivity index (χ1v) is 5.06. The van der Waals surface area contributed by atoms with Crippen LogP contribution in [0.3, 0.4) is 0 Å². The molecule has 0 aromatic carbocycles. The lowest BCUT2D eigenvalue weighted by molar-refractivity contribution is -0.121. The summed E-state index contributed by atoms with van der Waals surface area (Å²) >= 11 is 0. The first-order valence-electron chi connectivity index (χ1n) is 5.06. The van der Waals surface area contributed by atoms with E-state index in [2.05, 4.69) is 20.9 Å². The molecule has 1 amide bonds. The highest BCUT2D eigenvalue weighted by Gasteiger charge is 2.15. The molecule has 0 aliphatic carbocycles. The molecule has 6 heteroatoms. The predicted octanol–water partition coefficient (Wildman–Crippen LogP) is -0.508. The summed E-state index contributed by atoms with van der Waals surface area (Å²) in [7, 11) is 0. The Morgan fingerprint density at radius 1 is 1.73 bits per heavy atom. The lowest BCUT2D eigenvalue weighted by atomic mass is 10.3. The molecule has 1 aromatic heterocycles. The number of rotatable bonds is 3. The van der Waals surface area contributed by atoms with E-state index in [1.807, 2.05) is 11.5 Å². The smallest absolute Gasteiger partial charge is 0.239 e. The normalized spacial score (nSPS) is 14.2. The van der Waals surface area contributed by atoms with Crippen molar-refractivity contribution in [2.75, 3.05) is 18.5 Å². The molecule has 82 valence electrons. The van der Waals surface area contributed by atoms with Crippen molar-refractivity contribution in [3.8, 4) is 0 Å². The van der Waals surface area contributed by atoms with Gasteiger partial charge in [-0.2, -0.15) is 0 Å². The summed E-state index contributed by atoms with van der Waals surface area (Å²) < 4.78 is 1.86. The van der Waals surface area contributed by atoms with E-state index < -0.39 is 0 Å². The lowest BCUT2D eigenvalue weighted by Gasteiger charge is -2.16. The zero-order valence-electron chi connectivity index (χ0n) is 8.71. The van der Waals surface area contributed by atoms with Crippen LogP contribution in [-0.2, 0) is 17.9 Å². The quantitative estimate of drug-likeness (QED) is 0.627. The Hall–Kier alpha value is -1.56. The second-order valence-electron chi connectivity index (χ2n) is 3.40. The Kier molecular flexibility index (Phi) is 2.86. The molecule has 2 rings (SSSR count). The van der Waals surface area contributed by atoms with Crippen LogP contribution < -0.4 is 16.0 Å². The Morgan fingerprint density at radius 3 is 3.40 bits per heavy atom. The number of amides is 1. The summed E-state index contributed by atoms with van der Waals surface area (Å²) in [4.78, 5) is 15.6. The van der Waals surface area contributed by atoms with Crippen LogP contribution in [0.2, 0.25) is 0 Å². The molecule has 0 bridgehead atoms. The number of nitrogens with one attached hydrogen (secondary N) is 3. The molecule has 0 unspecified atom stereocenters.